The van der Waals surface area contributed by atoms with Crippen LogP contribution in [0.15, 0.2) is 0 Å². The molecule has 1 heterocycles. The summed E-state index contributed by atoms with van der Waals surface area (Å²) in [6, 6.07) is 0. The zero-order valence-corrected chi connectivity index (χ0v) is 10.8. The van der Waals surface area contributed by atoms with Crippen molar-refractivity contribution in [3.63, 3.8) is 0 Å². The van der Waals surface area contributed by atoms with Crippen LogP contribution in [0.1, 0.15) is 43.1 Å². The van der Waals surface area contributed by atoms with Crippen molar-refractivity contribution in [3.05, 3.63) is 17.0 Å². The fraction of sp³-hybridized carbons (Fsp3) is 0.769. The number of aryl methyl sites for hydroxylation is 1. The van der Waals surface area contributed by atoms with Crippen molar-refractivity contribution in [1.82, 2.24) is 20.8 Å². The molecule has 0 saturated heterocycles. The fourth-order valence-electron chi connectivity index (χ4n) is 2.43. The highest BCUT2D eigenvalue weighted by Crippen LogP contribution is 2.21. The van der Waals surface area contributed by atoms with Crippen LogP contribution < -0.4 is 10.6 Å². The smallest absolute Gasteiger partial charge is 0.0794 e. The number of nitrogens with one attached hydrogen (secondary N) is 3. The van der Waals surface area contributed by atoms with E-state index in [0.29, 0.717) is 0 Å². The van der Waals surface area contributed by atoms with Gasteiger partial charge in [-0.2, -0.15) is 5.10 Å². The average Bonchev–Trinajstić information content (AvgIpc) is 2.59. The lowest BCUT2D eigenvalue weighted by Gasteiger charge is -2.05. The number of nitrogens with zero attached hydrogens (tertiary/aromatic N) is 1. The van der Waals surface area contributed by atoms with Gasteiger partial charge in [0.2, 0.25) is 0 Å². The van der Waals surface area contributed by atoms with Crippen LogP contribution in [0, 0.1) is 0 Å². The number of hydrogen-bond donors (Lipinski definition) is 3. The summed E-state index contributed by atoms with van der Waals surface area (Å²) in [6.07, 6.45) is 6.37. The first-order valence-electron chi connectivity index (χ1n) is 6.88. The Bertz CT molecular complexity index is 332. The molecule has 0 fully saturated rings. The van der Waals surface area contributed by atoms with Crippen molar-refractivity contribution >= 4 is 0 Å². The maximum atomic E-state index is 4.45. The molecule has 0 bridgehead atoms. The van der Waals surface area contributed by atoms with E-state index in [4.69, 9.17) is 0 Å². The van der Waals surface area contributed by atoms with E-state index < -0.39 is 0 Å². The van der Waals surface area contributed by atoms with Gasteiger partial charge in [-0.1, -0.05) is 13.3 Å². The lowest BCUT2D eigenvalue weighted by molar-refractivity contribution is 0.614. The van der Waals surface area contributed by atoms with Crippen LogP contribution in [-0.2, 0) is 19.4 Å². The average molecular weight is 236 g/mol. The van der Waals surface area contributed by atoms with Crippen molar-refractivity contribution in [2.24, 2.45) is 0 Å². The molecule has 0 radical (unpaired) electrons. The standard InChI is InChI=1S/C13H24N4/c1-2-14-8-9-15-10-13-11-6-4-3-5-7-12(11)16-17-13/h14-15H,2-10H2,1H3,(H,16,17). The second-order valence-corrected chi connectivity index (χ2v) is 4.72. The highest BCUT2D eigenvalue weighted by atomic mass is 15.1. The van der Waals surface area contributed by atoms with Crippen LogP contribution >= 0.6 is 0 Å². The number of likely N-dealkylation sites (N-methyl/N-ethyl adjacent to an activating group) is 1. The summed E-state index contributed by atoms with van der Waals surface area (Å²) in [5.41, 5.74) is 4.10. The minimum absolute atomic E-state index is 0.900. The lowest BCUT2D eigenvalue weighted by Crippen LogP contribution is -2.27. The Morgan fingerprint density at radius 1 is 1.12 bits per heavy atom. The first-order chi connectivity index (χ1) is 8.42. The molecule has 4 heteroatoms. The fourth-order valence-corrected chi connectivity index (χ4v) is 2.43. The van der Waals surface area contributed by atoms with E-state index in [1.165, 1.54) is 49.1 Å². The molecule has 1 aliphatic rings. The molecule has 2 rings (SSSR count). The van der Waals surface area contributed by atoms with E-state index in [1.807, 2.05) is 0 Å². The minimum atomic E-state index is 0.900. The zero-order chi connectivity index (χ0) is 11.9. The van der Waals surface area contributed by atoms with Gasteiger partial charge < -0.3 is 10.6 Å². The van der Waals surface area contributed by atoms with Crippen LogP contribution in [0.2, 0.25) is 0 Å². The molecule has 1 aliphatic carbocycles. The minimum Gasteiger partial charge on any atom is -0.316 e. The van der Waals surface area contributed by atoms with E-state index in [0.717, 1.165) is 26.2 Å². The summed E-state index contributed by atoms with van der Waals surface area (Å²) < 4.78 is 0. The predicted molar refractivity (Wildman–Crippen MR) is 70.1 cm³/mol. The van der Waals surface area contributed by atoms with E-state index in [1.54, 1.807) is 0 Å². The summed E-state index contributed by atoms with van der Waals surface area (Å²) in [5, 5.41) is 14.4. The third-order valence-corrected chi connectivity index (χ3v) is 3.41. The molecule has 17 heavy (non-hydrogen) atoms. The molecular formula is C13H24N4. The molecule has 1 aromatic heterocycles. The summed E-state index contributed by atoms with van der Waals surface area (Å²) in [7, 11) is 0. The SMILES string of the molecule is CCNCCNCc1n[nH]c2c1CCCCC2. The first-order valence-corrected chi connectivity index (χ1v) is 6.88. The third kappa shape index (κ3) is 3.54. The monoisotopic (exact) mass is 236 g/mol. The highest BCUT2D eigenvalue weighted by Gasteiger charge is 2.14. The van der Waals surface area contributed by atoms with Gasteiger partial charge in [0, 0.05) is 25.3 Å². The molecule has 0 aliphatic heterocycles. The van der Waals surface area contributed by atoms with Crippen LogP contribution in [0.5, 0.6) is 0 Å². The Morgan fingerprint density at radius 3 is 2.82 bits per heavy atom. The topological polar surface area (TPSA) is 52.7 Å². The van der Waals surface area contributed by atoms with Gasteiger partial charge in [-0.3, -0.25) is 5.10 Å². The third-order valence-electron chi connectivity index (χ3n) is 3.41. The molecule has 0 amide bonds. The number of aromatic amines is 1. The van der Waals surface area contributed by atoms with E-state index in [2.05, 4.69) is 27.8 Å². The number of hydrogen-bond acceptors (Lipinski definition) is 3. The molecule has 4 nitrogen and oxygen atoms in total. The maximum Gasteiger partial charge on any atom is 0.0794 e. The van der Waals surface area contributed by atoms with Gasteiger partial charge in [-0.05, 0) is 37.8 Å². The van der Waals surface area contributed by atoms with Crippen molar-refractivity contribution in [2.75, 3.05) is 19.6 Å². The number of aromatic nitrogens is 2. The quantitative estimate of drug-likeness (QED) is 0.516. The Kier molecular flexibility index (Phi) is 5.01. The molecule has 0 unspecified atom stereocenters. The van der Waals surface area contributed by atoms with Gasteiger partial charge >= 0.3 is 0 Å². The Balaban J connectivity index is 1.82. The van der Waals surface area contributed by atoms with Crippen LogP contribution in [0.25, 0.3) is 0 Å². The molecule has 1 aromatic rings. The predicted octanol–water partition coefficient (Wildman–Crippen LogP) is 1.38. The van der Waals surface area contributed by atoms with Gasteiger partial charge in [-0.15, -0.1) is 0 Å². The van der Waals surface area contributed by atoms with Crippen molar-refractivity contribution < 1.29 is 0 Å². The highest BCUT2D eigenvalue weighted by molar-refractivity contribution is 5.26. The van der Waals surface area contributed by atoms with Crippen LogP contribution in [0.4, 0.5) is 0 Å². The molecule has 96 valence electrons. The summed E-state index contributed by atoms with van der Waals surface area (Å²) in [4.78, 5) is 0. The summed E-state index contributed by atoms with van der Waals surface area (Å²) in [5.74, 6) is 0. The van der Waals surface area contributed by atoms with Gasteiger partial charge in [0.25, 0.3) is 0 Å². The largest absolute Gasteiger partial charge is 0.316 e. The molecule has 0 spiro atoms. The van der Waals surface area contributed by atoms with Crippen molar-refractivity contribution in [3.8, 4) is 0 Å². The van der Waals surface area contributed by atoms with E-state index in [-0.39, 0.29) is 0 Å². The maximum absolute atomic E-state index is 4.45. The number of fused-ring (bicyclic) bond motifs is 1. The zero-order valence-electron chi connectivity index (χ0n) is 10.8. The summed E-state index contributed by atoms with van der Waals surface area (Å²) in [6.45, 7) is 6.11. The molecule has 3 N–H and O–H groups in total. The number of H-pyrrole nitrogens is 1. The Labute approximate surface area is 104 Å². The Hall–Kier alpha value is -0.870. The molecule has 0 saturated carbocycles. The van der Waals surface area contributed by atoms with Crippen LogP contribution in [0.3, 0.4) is 0 Å². The van der Waals surface area contributed by atoms with E-state index >= 15 is 0 Å². The second-order valence-electron chi connectivity index (χ2n) is 4.72. The summed E-state index contributed by atoms with van der Waals surface area (Å²) >= 11 is 0. The molecule has 0 atom stereocenters. The van der Waals surface area contributed by atoms with E-state index in [9.17, 15) is 0 Å². The van der Waals surface area contributed by atoms with Crippen LogP contribution in [-0.4, -0.2) is 29.8 Å². The second kappa shape index (κ2) is 6.77. The normalized spacial score (nSPS) is 15.6. The van der Waals surface area contributed by atoms with Crippen molar-refractivity contribution in [1.29, 1.82) is 0 Å². The van der Waals surface area contributed by atoms with Gasteiger partial charge in [0.05, 0.1) is 5.69 Å². The van der Waals surface area contributed by atoms with Crippen molar-refractivity contribution in [2.45, 2.75) is 45.6 Å². The number of rotatable bonds is 6. The molecular weight excluding hydrogens is 212 g/mol. The lowest BCUT2D eigenvalue weighted by atomic mass is 10.1. The first kappa shape index (κ1) is 12.6. The van der Waals surface area contributed by atoms with Gasteiger partial charge in [0.15, 0.2) is 0 Å². The van der Waals surface area contributed by atoms with Gasteiger partial charge in [-0.25, -0.2) is 0 Å². The van der Waals surface area contributed by atoms with Gasteiger partial charge in [0.1, 0.15) is 0 Å². The molecule has 0 aromatic carbocycles. The Morgan fingerprint density at radius 2 is 1.94 bits per heavy atom.